The third-order valence-corrected chi connectivity index (χ3v) is 5.21. The first kappa shape index (κ1) is 13.2. The summed E-state index contributed by atoms with van der Waals surface area (Å²) in [6.07, 6.45) is 3.87. The molecule has 0 aromatic rings. The van der Waals surface area contributed by atoms with Crippen molar-refractivity contribution in [2.45, 2.75) is 50.9 Å². The van der Waals surface area contributed by atoms with E-state index in [9.17, 15) is 4.79 Å². The fraction of sp³-hybridized carbons (Fsp3) is 0.923. The van der Waals surface area contributed by atoms with Crippen molar-refractivity contribution in [2.24, 2.45) is 5.92 Å². The summed E-state index contributed by atoms with van der Waals surface area (Å²) in [6.45, 7) is 8.19. The van der Waals surface area contributed by atoms with Crippen LogP contribution in [0.25, 0.3) is 0 Å². The maximum atomic E-state index is 12.0. The van der Waals surface area contributed by atoms with Crippen LogP contribution in [0.15, 0.2) is 0 Å². The molecule has 0 saturated carbocycles. The Morgan fingerprint density at radius 3 is 2.94 bits per heavy atom. The van der Waals surface area contributed by atoms with Gasteiger partial charge in [0.25, 0.3) is 0 Å². The lowest BCUT2D eigenvalue weighted by Crippen LogP contribution is -2.45. The maximum Gasteiger partial charge on any atom is 0.237 e. The second kappa shape index (κ2) is 5.19. The largest absolute Gasteiger partial charge is 0.325 e. The van der Waals surface area contributed by atoms with Gasteiger partial charge in [-0.3, -0.25) is 10.1 Å². The van der Waals surface area contributed by atoms with Crippen molar-refractivity contribution in [3.05, 3.63) is 0 Å². The lowest BCUT2D eigenvalue weighted by Gasteiger charge is -2.33. The molecule has 0 aromatic heterocycles. The molecule has 0 spiro atoms. The lowest BCUT2D eigenvalue weighted by atomic mass is 10.0. The summed E-state index contributed by atoms with van der Waals surface area (Å²) in [5.41, 5.74) is 0. The highest BCUT2D eigenvalue weighted by molar-refractivity contribution is 8.00. The molecule has 2 aliphatic heterocycles. The molecule has 2 atom stereocenters. The molecule has 2 heterocycles. The highest BCUT2D eigenvalue weighted by Crippen LogP contribution is 2.39. The second-order valence-corrected chi connectivity index (χ2v) is 7.63. The smallest absolute Gasteiger partial charge is 0.237 e. The molecule has 0 radical (unpaired) electrons. The lowest BCUT2D eigenvalue weighted by molar-refractivity contribution is -0.128. The molecular formula is C13H24N2OS. The van der Waals surface area contributed by atoms with E-state index in [2.05, 4.69) is 31.0 Å². The summed E-state index contributed by atoms with van der Waals surface area (Å²) in [4.78, 5) is 14.0. The van der Waals surface area contributed by atoms with Crippen LogP contribution >= 0.6 is 11.8 Å². The van der Waals surface area contributed by atoms with E-state index >= 15 is 0 Å². The molecule has 2 unspecified atom stereocenters. The molecule has 2 rings (SSSR count). The first-order valence-electron chi connectivity index (χ1n) is 6.67. The Balaban J connectivity index is 1.98. The minimum absolute atomic E-state index is 0.264. The molecule has 98 valence electrons. The minimum Gasteiger partial charge on any atom is -0.325 e. The first-order valence-corrected chi connectivity index (χ1v) is 7.65. The van der Waals surface area contributed by atoms with Crippen LogP contribution in [-0.4, -0.2) is 40.6 Å². The van der Waals surface area contributed by atoms with Gasteiger partial charge in [-0.25, -0.2) is 0 Å². The summed E-state index contributed by atoms with van der Waals surface area (Å²) < 4.78 is 0.289. The number of hydrogen-bond acceptors (Lipinski definition) is 3. The van der Waals surface area contributed by atoms with Crippen molar-refractivity contribution in [3.8, 4) is 0 Å². The average Bonchev–Trinajstić information content (AvgIpc) is 2.79. The van der Waals surface area contributed by atoms with E-state index < -0.39 is 0 Å². The van der Waals surface area contributed by atoms with Gasteiger partial charge in [0.05, 0.1) is 12.7 Å². The van der Waals surface area contributed by atoms with Crippen LogP contribution in [0.4, 0.5) is 0 Å². The molecule has 4 heteroatoms. The monoisotopic (exact) mass is 256 g/mol. The van der Waals surface area contributed by atoms with Crippen LogP contribution in [0, 0.1) is 5.92 Å². The molecule has 0 bridgehead atoms. The topological polar surface area (TPSA) is 32.3 Å². The molecule has 2 aliphatic rings. The van der Waals surface area contributed by atoms with Gasteiger partial charge in [0, 0.05) is 11.3 Å². The quantitative estimate of drug-likeness (QED) is 0.836. The first-order chi connectivity index (χ1) is 8.00. The Morgan fingerprint density at radius 1 is 1.59 bits per heavy atom. The normalized spacial score (nSPS) is 34.0. The van der Waals surface area contributed by atoms with Gasteiger partial charge in [-0.05, 0) is 37.9 Å². The van der Waals surface area contributed by atoms with E-state index in [1.54, 1.807) is 0 Å². The Morgan fingerprint density at radius 2 is 2.35 bits per heavy atom. The van der Waals surface area contributed by atoms with Crippen molar-refractivity contribution in [3.63, 3.8) is 0 Å². The number of nitrogens with one attached hydrogen (secondary N) is 1. The molecule has 0 aliphatic carbocycles. The molecule has 3 nitrogen and oxygen atoms in total. The van der Waals surface area contributed by atoms with Gasteiger partial charge < -0.3 is 4.90 Å². The molecule has 1 N–H and O–H groups in total. The molecule has 17 heavy (non-hydrogen) atoms. The zero-order chi connectivity index (χ0) is 12.5. The minimum atomic E-state index is 0.264. The van der Waals surface area contributed by atoms with Crippen molar-refractivity contribution >= 4 is 17.7 Å². The van der Waals surface area contributed by atoms with Gasteiger partial charge in [-0.1, -0.05) is 13.8 Å². The SMILES string of the molecule is CC(C)CC1NCC(=O)N1CC1(C)CCCS1. The summed E-state index contributed by atoms with van der Waals surface area (Å²) in [6, 6.07) is 0. The van der Waals surface area contributed by atoms with Crippen LogP contribution < -0.4 is 5.32 Å². The van der Waals surface area contributed by atoms with Gasteiger partial charge in [-0.15, -0.1) is 0 Å². The summed E-state index contributed by atoms with van der Waals surface area (Å²) in [5.74, 6) is 2.16. The van der Waals surface area contributed by atoms with E-state index in [-0.39, 0.29) is 16.8 Å². The van der Waals surface area contributed by atoms with Crippen molar-refractivity contribution in [2.75, 3.05) is 18.8 Å². The predicted octanol–water partition coefficient (Wildman–Crippen LogP) is 2.08. The van der Waals surface area contributed by atoms with Crippen LogP contribution in [0.3, 0.4) is 0 Å². The van der Waals surface area contributed by atoms with Crippen molar-refractivity contribution in [1.29, 1.82) is 0 Å². The van der Waals surface area contributed by atoms with Crippen LogP contribution in [-0.2, 0) is 4.79 Å². The molecule has 1 amide bonds. The number of nitrogens with zero attached hydrogens (tertiary/aromatic N) is 1. The van der Waals surface area contributed by atoms with E-state index in [1.165, 1.54) is 18.6 Å². The van der Waals surface area contributed by atoms with E-state index in [0.29, 0.717) is 12.5 Å². The van der Waals surface area contributed by atoms with Crippen LogP contribution in [0.5, 0.6) is 0 Å². The molecular weight excluding hydrogens is 232 g/mol. The van der Waals surface area contributed by atoms with Crippen molar-refractivity contribution < 1.29 is 4.79 Å². The highest BCUT2D eigenvalue weighted by Gasteiger charge is 2.38. The Hall–Kier alpha value is -0.220. The number of carbonyl (C=O) groups is 1. The number of rotatable bonds is 4. The van der Waals surface area contributed by atoms with Gasteiger partial charge in [0.2, 0.25) is 5.91 Å². The zero-order valence-electron chi connectivity index (χ0n) is 11.2. The number of amides is 1. The molecule has 2 fully saturated rings. The molecule has 0 aromatic carbocycles. The maximum absolute atomic E-state index is 12.0. The average molecular weight is 256 g/mol. The van der Waals surface area contributed by atoms with Gasteiger partial charge in [-0.2, -0.15) is 11.8 Å². The van der Waals surface area contributed by atoms with E-state index in [1.807, 2.05) is 11.8 Å². The van der Waals surface area contributed by atoms with Crippen LogP contribution in [0.2, 0.25) is 0 Å². The number of hydrogen-bond donors (Lipinski definition) is 1. The fourth-order valence-electron chi connectivity index (χ4n) is 2.77. The number of carbonyl (C=O) groups excluding carboxylic acids is 1. The van der Waals surface area contributed by atoms with E-state index in [0.717, 1.165) is 13.0 Å². The third kappa shape index (κ3) is 3.16. The van der Waals surface area contributed by atoms with Crippen molar-refractivity contribution in [1.82, 2.24) is 10.2 Å². The van der Waals surface area contributed by atoms with Gasteiger partial charge in [0.1, 0.15) is 0 Å². The Bertz CT molecular complexity index is 287. The Labute approximate surface area is 109 Å². The summed E-state index contributed by atoms with van der Waals surface area (Å²) >= 11 is 2.03. The number of thioether (sulfide) groups is 1. The van der Waals surface area contributed by atoms with Crippen LogP contribution in [0.1, 0.15) is 40.0 Å². The van der Waals surface area contributed by atoms with Gasteiger partial charge in [0.15, 0.2) is 0 Å². The second-order valence-electron chi connectivity index (χ2n) is 5.95. The summed E-state index contributed by atoms with van der Waals surface area (Å²) in [7, 11) is 0. The highest BCUT2D eigenvalue weighted by atomic mass is 32.2. The fourth-order valence-corrected chi connectivity index (χ4v) is 4.07. The zero-order valence-corrected chi connectivity index (χ0v) is 12.0. The molecule has 2 saturated heterocycles. The Kier molecular flexibility index (Phi) is 4.03. The third-order valence-electron chi connectivity index (χ3n) is 3.69. The summed E-state index contributed by atoms with van der Waals surface area (Å²) in [5, 5.41) is 3.35. The van der Waals surface area contributed by atoms with E-state index in [4.69, 9.17) is 0 Å². The standard InChI is InChI=1S/C13H24N2OS/c1-10(2)7-11-14-8-12(16)15(11)9-13(3)5-4-6-17-13/h10-11,14H,4-9H2,1-3H3. The van der Waals surface area contributed by atoms with Gasteiger partial charge >= 0.3 is 0 Å². The predicted molar refractivity (Wildman–Crippen MR) is 73.1 cm³/mol.